The predicted octanol–water partition coefficient (Wildman–Crippen LogP) is 1.04. The molecular formula is C18H20N4O4. The van der Waals surface area contributed by atoms with E-state index in [1.165, 1.54) is 4.90 Å². The molecule has 8 nitrogen and oxygen atoms in total. The molecule has 1 aromatic carbocycles. The summed E-state index contributed by atoms with van der Waals surface area (Å²) in [5, 5.41) is 17.8. The average Bonchev–Trinajstić information content (AvgIpc) is 3.04. The number of likely N-dealkylation sites (tertiary alicyclic amines) is 1. The minimum Gasteiger partial charge on any atom is -0.480 e. The number of rotatable bonds is 3. The molecule has 0 spiro atoms. The first kappa shape index (κ1) is 16.7. The molecule has 3 atom stereocenters. The summed E-state index contributed by atoms with van der Waals surface area (Å²) in [4.78, 5) is 38.6. The summed E-state index contributed by atoms with van der Waals surface area (Å²) in [6.07, 6.45) is 4.33. The van der Waals surface area contributed by atoms with Gasteiger partial charge in [-0.05, 0) is 37.3 Å². The van der Waals surface area contributed by atoms with Crippen LogP contribution in [0.1, 0.15) is 32.1 Å². The van der Waals surface area contributed by atoms with Gasteiger partial charge in [-0.1, -0.05) is 30.2 Å². The van der Waals surface area contributed by atoms with E-state index in [-0.39, 0.29) is 24.4 Å². The largest absolute Gasteiger partial charge is 0.480 e. The van der Waals surface area contributed by atoms with Crippen LogP contribution in [-0.4, -0.2) is 49.0 Å². The molecule has 0 bridgehead atoms. The number of nitrogens with zero attached hydrogens (tertiary/aromatic N) is 4. The Kier molecular flexibility index (Phi) is 4.18. The van der Waals surface area contributed by atoms with Gasteiger partial charge in [0.25, 0.3) is 5.56 Å². The number of hydrogen-bond acceptors (Lipinski definition) is 5. The summed E-state index contributed by atoms with van der Waals surface area (Å²) in [7, 11) is 0. The van der Waals surface area contributed by atoms with Gasteiger partial charge in [0.05, 0.1) is 5.39 Å². The Labute approximate surface area is 149 Å². The number of carboxylic acids is 1. The number of carbonyl (C=O) groups excluding carboxylic acids is 1. The molecule has 0 radical (unpaired) electrons. The van der Waals surface area contributed by atoms with Crippen LogP contribution in [0.3, 0.4) is 0 Å². The lowest BCUT2D eigenvalue weighted by Gasteiger charge is -2.33. The first-order chi connectivity index (χ1) is 12.6. The molecule has 1 aromatic heterocycles. The number of fused-ring (bicyclic) bond motifs is 2. The van der Waals surface area contributed by atoms with Crippen LogP contribution in [0.15, 0.2) is 29.1 Å². The maximum Gasteiger partial charge on any atom is 0.326 e. The normalized spacial score (nSPS) is 25.2. The van der Waals surface area contributed by atoms with Crippen molar-refractivity contribution in [2.24, 2.45) is 5.92 Å². The highest BCUT2D eigenvalue weighted by atomic mass is 16.4. The topological polar surface area (TPSA) is 105 Å². The van der Waals surface area contributed by atoms with Crippen molar-refractivity contribution in [3.63, 3.8) is 0 Å². The fourth-order valence-electron chi connectivity index (χ4n) is 4.38. The summed E-state index contributed by atoms with van der Waals surface area (Å²) >= 11 is 0. The molecular weight excluding hydrogens is 336 g/mol. The van der Waals surface area contributed by atoms with Crippen molar-refractivity contribution in [3.8, 4) is 0 Å². The fourth-order valence-corrected chi connectivity index (χ4v) is 4.38. The molecule has 1 N–H and O–H groups in total. The molecule has 1 amide bonds. The third-order valence-corrected chi connectivity index (χ3v) is 5.58. The molecule has 1 saturated heterocycles. The second-order valence-corrected chi connectivity index (χ2v) is 7.07. The quantitative estimate of drug-likeness (QED) is 0.881. The fraction of sp³-hybridized carbons (Fsp3) is 0.500. The van der Waals surface area contributed by atoms with Crippen LogP contribution < -0.4 is 5.56 Å². The molecule has 26 heavy (non-hydrogen) atoms. The zero-order valence-corrected chi connectivity index (χ0v) is 14.2. The molecule has 8 heteroatoms. The summed E-state index contributed by atoms with van der Waals surface area (Å²) in [5.41, 5.74) is 0.0772. The Morgan fingerprint density at radius 3 is 2.77 bits per heavy atom. The van der Waals surface area contributed by atoms with Crippen molar-refractivity contribution in [1.29, 1.82) is 0 Å². The number of hydrogen-bond donors (Lipinski definition) is 1. The van der Waals surface area contributed by atoms with Gasteiger partial charge >= 0.3 is 5.97 Å². The summed E-state index contributed by atoms with van der Waals surface area (Å²) in [5.74, 6) is -1.13. The van der Waals surface area contributed by atoms with E-state index < -0.39 is 17.6 Å². The van der Waals surface area contributed by atoms with Crippen LogP contribution in [0.5, 0.6) is 0 Å². The lowest BCUT2D eigenvalue weighted by atomic mass is 9.85. The summed E-state index contributed by atoms with van der Waals surface area (Å²) in [6.45, 7) is -0.288. The van der Waals surface area contributed by atoms with E-state index in [0.717, 1.165) is 30.4 Å². The average molecular weight is 356 g/mol. The second-order valence-electron chi connectivity index (χ2n) is 7.07. The highest BCUT2D eigenvalue weighted by Crippen LogP contribution is 2.39. The van der Waals surface area contributed by atoms with Crippen molar-refractivity contribution in [2.75, 3.05) is 0 Å². The highest BCUT2D eigenvalue weighted by Gasteiger charge is 2.47. The zero-order valence-electron chi connectivity index (χ0n) is 14.2. The Hall–Kier alpha value is -2.77. The first-order valence-corrected chi connectivity index (χ1v) is 8.93. The third-order valence-electron chi connectivity index (χ3n) is 5.58. The van der Waals surface area contributed by atoms with Crippen LogP contribution in [0.25, 0.3) is 10.9 Å². The number of carboxylic acid groups (broad SMARTS) is 1. The molecule has 2 aliphatic rings. The molecule has 2 aromatic rings. The van der Waals surface area contributed by atoms with Gasteiger partial charge in [0.2, 0.25) is 5.91 Å². The van der Waals surface area contributed by atoms with E-state index in [4.69, 9.17) is 0 Å². The molecule has 1 saturated carbocycles. The smallest absolute Gasteiger partial charge is 0.326 e. The molecule has 2 heterocycles. The Bertz CT molecular complexity index is 925. The first-order valence-electron chi connectivity index (χ1n) is 8.93. The van der Waals surface area contributed by atoms with Crippen molar-refractivity contribution < 1.29 is 14.7 Å². The molecule has 0 unspecified atom stereocenters. The van der Waals surface area contributed by atoms with E-state index in [0.29, 0.717) is 17.3 Å². The van der Waals surface area contributed by atoms with Crippen molar-refractivity contribution in [1.82, 2.24) is 19.9 Å². The van der Waals surface area contributed by atoms with Gasteiger partial charge in [0.15, 0.2) is 0 Å². The highest BCUT2D eigenvalue weighted by molar-refractivity contribution is 5.85. The van der Waals surface area contributed by atoms with Crippen molar-refractivity contribution in [3.05, 3.63) is 34.6 Å². The van der Waals surface area contributed by atoms with Crippen molar-refractivity contribution >= 4 is 22.8 Å². The number of aromatic nitrogens is 3. The van der Waals surface area contributed by atoms with Crippen LogP contribution in [-0.2, 0) is 16.1 Å². The van der Waals surface area contributed by atoms with Gasteiger partial charge in [0, 0.05) is 6.04 Å². The van der Waals surface area contributed by atoms with Crippen LogP contribution >= 0.6 is 0 Å². The van der Waals surface area contributed by atoms with Crippen LogP contribution in [0.4, 0.5) is 0 Å². The zero-order chi connectivity index (χ0) is 18.3. The van der Waals surface area contributed by atoms with Gasteiger partial charge in [-0.15, -0.1) is 5.10 Å². The van der Waals surface area contributed by atoms with Gasteiger partial charge in [-0.2, -0.15) is 0 Å². The van der Waals surface area contributed by atoms with Crippen LogP contribution in [0, 0.1) is 5.92 Å². The second kappa shape index (κ2) is 6.51. The summed E-state index contributed by atoms with van der Waals surface area (Å²) < 4.78 is 1.03. The lowest BCUT2D eigenvalue weighted by Crippen LogP contribution is -2.48. The SMILES string of the molecule is O=C(O)[C@@H]1C[C@H]2CCCC[C@@H]2N1C(=O)Cn1nnc2ccccc2c1=O. The molecule has 1 aliphatic heterocycles. The van der Waals surface area contributed by atoms with Gasteiger partial charge in [0.1, 0.15) is 18.1 Å². The molecule has 2 fully saturated rings. The number of benzene rings is 1. The Morgan fingerprint density at radius 2 is 1.96 bits per heavy atom. The Balaban J connectivity index is 1.63. The van der Waals surface area contributed by atoms with Crippen LogP contribution in [0.2, 0.25) is 0 Å². The minimum absolute atomic E-state index is 0.0542. The minimum atomic E-state index is -0.982. The standard InChI is InChI=1S/C18H20N4O4/c23-16(10-21-17(24)12-6-2-3-7-13(12)19-20-21)22-14-8-4-1-5-11(14)9-15(22)18(25)26/h2-3,6-7,11,14-15H,1,4-5,8-10H2,(H,25,26)/t11-,14+,15+/m1/s1. The monoisotopic (exact) mass is 356 g/mol. The number of aliphatic carboxylic acids is 1. The van der Waals surface area contributed by atoms with Gasteiger partial charge in [-0.3, -0.25) is 9.59 Å². The maximum absolute atomic E-state index is 12.9. The van der Waals surface area contributed by atoms with Gasteiger partial charge < -0.3 is 10.0 Å². The van der Waals surface area contributed by atoms with E-state index >= 15 is 0 Å². The molecule has 1 aliphatic carbocycles. The number of amides is 1. The molecule has 136 valence electrons. The van der Waals surface area contributed by atoms with Gasteiger partial charge in [-0.25, -0.2) is 9.48 Å². The lowest BCUT2D eigenvalue weighted by molar-refractivity contribution is -0.150. The van der Waals surface area contributed by atoms with E-state index in [1.807, 2.05) is 0 Å². The molecule has 4 rings (SSSR count). The summed E-state index contributed by atoms with van der Waals surface area (Å²) in [6, 6.07) is 5.94. The predicted molar refractivity (Wildman–Crippen MR) is 92.4 cm³/mol. The number of carbonyl (C=O) groups is 2. The van der Waals surface area contributed by atoms with E-state index in [2.05, 4.69) is 10.3 Å². The van der Waals surface area contributed by atoms with E-state index in [9.17, 15) is 19.5 Å². The maximum atomic E-state index is 12.9. The Morgan fingerprint density at radius 1 is 1.19 bits per heavy atom. The van der Waals surface area contributed by atoms with Crippen molar-refractivity contribution in [2.45, 2.75) is 50.7 Å². The third kappa shape index (κ3) is 2.75. The van der Waals surface area contributed by atoms with E-state index in [1.54, 1.807) is 24.3 Å².